The third-order valence-corrected chi connectivity index (χ3v) is 13.4. The van der Waals surface area contributed by atoms with Crippen LogP contribution in [0.15, 0.2) is 122 Å². The molecule has 0 radical (unpaired) electrons. The zero-order valence-electron chi connectivity index (χ0n) is 52.8. The maximum atomic E-state index is 12.2. The van der Waals surface area contributed by atoms with Gasteiger partial charge in [-0.1, -0.05) is 12.1 Å². The van der Waals surface area contributed by atoms with Crippen molar-refractivity contribution in [2.75, 3.05) is 71.1 Å². The van der Waals surface area contributed by atoms with Crippen LogP contribution in [0.4, 0.5) is 11.4 Å². The number of benzene rings is 2. The molecule has 2 saturated heterocycles. The lowest BCUT2D eigenvalue weighted by Gasteiger charge is -2.15. The molecular formula is C55H67N17O21S4. The van der Waals surface area contributed by atoms with Crippen LogP contribution in [-0.2, 0) is 62.7 Å². The lowest BCUT2D eigenvalue weighted by molar-refractivity contribution is -0.508. The SMILES string of the molecule is CN.CN/C=C/C#N.CN/C=C\C#N.CNC(=O)CC(/C=C\C#N)[N+](=O)[O-].CNC(=O)CC[N+](=O)[O-].CSC1CC(=O)N(c2cccc(OS(=O)(=O)O/C=C/C#N)c2)C1=O.CSC1CC(=O)N(c2cccc(OS(=O)(=O)O/C=C/C#N)c2)C1=O.[C-]#[N+]/C=C/C(CC(=O)NC)[N+](=O)[O-]. The molecule has 97 heavy (non-hydrogen) atoms. The van der Waals surface area contributed by atoms with Gasteiger partial charge in [0.1, 0.15) is 24.0 Å². The third kappa shape index (κ3) is 42.8. The molecule has 522 valence electrons. The van der Waals surface area contributed by atoms with Crippen molar-refractivity contribution in [3.8, 4) is 41.8 Å². The molecule has 38 nitrogen and oxygen atoms in total. The van der Waals surface area contributed by atoms with Gasteiger partial charge in [0.25, 0.3) is 0 Å². The van der Waals surface area contributed by atoms with E-state index in [0.29, 0.717) is 12.5 Å². The van der Waals surface area contributed by atoms with E-state index in [2.05, 4.69) is 45.5 Å². The largest absolute Gasteiger partial charge is 0.500 e. The van der Waals surface area contributed by atoms with E-state index in [9.17, 15) is 80.7 Å². The van der Waals surface area contributed by atoms with Crippen molar-refractivity contribution in [1.29, 1.82) is 26.3 Å². The van der Waals surface area contributed by atoms with Crippen molar-refractivity contribution in [1.82, 2.24) is 26.6 Å². The Hall–Kier alpha value is -11.9. The van der Waals surface area contributed by atoms with Gasteiger partial charge in [0.05, 0.1) is 90.2 Å². The second-order valence-electron chi connectivity index (χ2n) is 16.4. The zero-order chi connectivity index (χ0) is 75.0. The molecule has 7 N–H and O–H groups in total. The molecule has 0 aliphatic carbocycles. The van der Waals surface area contributed by atoms with E-state index in [4.69, 9.17) is 41.2 Å². The smallest absolute Gasteiger partial charge is 0.393 e. The number of nitro groups is 3. The molecule has 0 aromatic heterocycles. The summed E-state index contributed by atoms with van der Waals surface area (Å²) < 4.78 is 64.4. The first kappa shape index (κ1) is 91.5. The van der Waals surface area contributed by atoms with Gasteiger partial charge in [-0.25, -0.2) is 14.6 Å². The standard InChI is InChI=1S/2C14H12N2O6S2.2C7H9N3O3.C4H8N2O3.2C4H6N2.CH5N/c2*1-23-12-9-13(17)16(14(12)18)10-4-2-5-11(8-10)22-24(19,20)21-7-3-6-15;1-8-4-3-6(10(12)13)5-7(11)9-2;1-9-7(11)5-6(10(12)13)3-2-4-8;1-5-4(7)2-3-6(8)9;2*1-6-4-2-3-5;1-2/h2*2-5,7-8,12H,9H2,1H3;3-4,6H,5H2,2H3,(H,9,11);2-3,6H,5H2,1H3,(H,9,11);2-3H2,1H3,(H,5,7);2*2,4,6H,1H3;2H2,1H3/b2*7-3+;4-3+;3-2-;;4-2+;4-2-;. The fourth-order valence-electron chi connectivity index (χ4n) is 5.86. The van der Waals surface area contributed by atoms with E-state index in [1.165, 1.54) is 112 Å². The molecule has 2 fully saturated rings. The van der Waals surface area contributed by atoms with E-state index < -0.39 is 70.0 Å². The van der Waals surface area contributed by atoms with Crippen molar-refractivity contribution in [3.05, 3.63) is 164 Å². The summed E-state index contributed by atoms with van der Waals surface area (Å²) in [6, 6.07) is 17.2. The maximum absolute atomic E-state index is 12.2. The first-order valence-corrected chi connectivity index (χ1v) is 31.7. The first-order chi connectivity index (χ1) is 46.0. The monoisotopic (exact) mass is 1430 g/mol. The molecule has 2 aliphatic heterocycles. The number of rotatable bonds is 25. The van der Waals surface area contributed by atoms with Crippen LogP contribution in [0.2, 0.25) is 0 Å². The average Bonchev–Trinajstić information content (AvgIpc) is 1.72. The fourth-order valence-corrected chi connectivity index (χ4v) is 8.23. The molecule has 0 bridgehead atoms. The second kappa shape index (κ2) is 54.6. The van der Waals surface area contributed by atoms with Gasteiger partial charge in [-0.2, -0.15) is 49.8 Å². The molecule has 4 unspecified atom stereocenters. The Labute approximate surface area is 566 Å². The number of nitrogens with one attached hydrogen (secondary N) is 5. The van der Waals surface area contributed by atoms with Crippen molar-refractivity contribution >= 4 is 97.0 Å². The molecule has 2 aromatic carbocycles. The van der Waals surface area contributed by atoms with Gasteiger partial charge < -0.3 is 49.0 Å². The number of carbonyl (C=O) groups is 7. The normalized spacial score (nSPS) is 14.0. The number of imide groups is 2. The summed E-state index contributed by atoms with van der Waals surface area (Å²) in [7, 11) is 0.391. The molecule has 4 rings (SSSR count). The predicted octanol–water partition coefficient (Wildman–Crippen LogP) is 2.23. The number of nitriles is 5. The Morgan fingerprint density at radius 1 is 0.639 bits per heavy atom. The Morgan fingerprint density at radius 3 is 1.28 bits per heavy atom. The third-order valence-electron chi connectivity index (χ3n) is 10.1. The molecule has 42 heteroatoms. The van der Waals surface area contributed by atoms with Crippen molar-refractivity contribution in [2.24, 2.45) is 5.73 Å². The van der Waals surface area contributed by atoms with Crippen LogP contribution in [0.1, 0.15) is 32.1 Å². The number of allylic oxidation sites excluding steroid dienone is 5. The highest BCUT2D eigenvalue weighted by Crippen LogP contribution is 2.32. The highest BCUT2D eigenvalue weighted by Gasteiger charge is 2.40. The lowest BCUT2D eigenvalue weighted by atomic mass is 10.2. The van der Waals surface area contributed by atoms with E-state index in [-0.39, 0.29) is 91.1 Å². The molecule has 2 aliphatic rings. The summed E-state index contributed by atoms with van der Waals surface area (Å²) in [6.07, 6.45) is 16.1. The predicted molar refractivity (Wildman–Crippen MR) is 350 cm³/mol. The van der Waals surface area contributed by atoms with Crippen LogP contribution in [-0.4, -0.2) is 157 Å². The van der Waals surface area contributed by atoms with Crippen molar-refractivity contribution < 1.29 is 81.9 Å². The minimum absolute atomic E-state index is 0.0382. The van der Waals surface area contributed by atoms with Gasteiger partial charge in [-0.3, -0.25) is 63.9 Å². The van der Waals surface area contributed by atoms with Crippen molar-refractivity contribution in [2.45, 2.75) is 54.7 Å². The molecule has 2 heterocycles. The molecular weight excluding hydrogens is 1360 g/mol. The first-order valence-electron chi connectivity index (χ1n) is 26.4. The van der Waals surface area contributed by atoms with Crippen LogP contribution >= 0.6 is 23.5 Å². The summed E-state index contributed by atoms with van der Waals surface area (Å²) in [5.74, 6) is -2.87. The summed E-state index contributed by atoms with van der Waals surface area (Å²) >= 11 is 2.55. The van der Waals surface area contributed by atoms with E-state index in [1.54, 1.807) is 57.2 Å². The minimum Gasteiger partial charge on any atom is -0.393 e. The topological polar surface area (TPSA) is 570 Å². The van der Waals surface area contributed by atoms with Gasteiger partial charge >= 0.3 is 20.8 Å². The number of carbonyl (C=O) groups excluding carboxylic acids is 7. The van der Waals surface area contributed by atoms with Crippen molar-refractivity contribution in [3.63, 3.8) is 0 Å². The fraction of sp³-hybridized carbons (Fsp3) is 0.327. The number of nitrogens with zero attached hydrogens (tertiary/aromatic N) is 11. The van der Waals surface area contributed by atoms with Gasteiger partial charge in [0.2, 0.25) is 60.0 Å². The Bertz CT molecular complexity index is 3420. The number of amides is 7. The highest BCUT2D eigenvalue weighted by atomic mass is 32.3. The molecule has 0 saturated carbocycles. The summed E-state index contributed by atoms with van der Waals surface area (Å²) in [5.41, 5.74) is 4.92. The maximum Gasteiger partial charge on any atom is 0.500 e. The Balaban J connectivity index is -0.000000550. The van der Waals surface area contributed by atoms with Crippen LogP contribution in [0.25, 0.3) is 4.85 Å². The van der Waals surface area contributed by atoms with Crippen LogP contribution < -0.4 is 50.5 Å². The number of thioether (sulfide) groups is 2. The quantitative estimate of drug-likeness (QED) is 0.0207. The number of nitrogens with two attached hydrogens (primary N) is 1. The van der Waals surface area contributed by atoms with Gasteiger partial charge in [0, 0.05) is 106 Å². The van der Waals surface area contributed by atoms with E-state index in [1.807, 2.05) is 12.1 Å². The van der Waals surface area contributed by atoms with Gasteiger partial charge in [0.15, 0.2) is 6.20 Å². The molecule has 7 amide bonds. The minimum atomic E-state index is -4.42. The molecule has 2 aromatic rings. The Morgan fingerprint density at radius 2 is 1.00 bits per heavy atom. The zero-order valence-corrected chi connectivity index (χ0v) is 56.1. The summed E-state index contributed by atoms with van der Waals surface area (Å²) in [6.45, 7) is 6.09. The Kier molecular flexibility index (Phi) is 51.5. The lowest BCUT2D eigenvalue weighted by Crippen LogP contribution is -2.31. The molecule has 0 spiro atoms. The van der Waals surface area contributed by atoms with E-state index >= 15 is 0 Å². The van der Waals surface area contributed by atoms with Crippen LogP contribution in [0.3, 0.4) is 0 Å². The summed E-state index contributed by atoms with van der Waals surface area (Å²) in [5, 5.41) is 81.9. The number of anilines is 2. The highest BCUT2D eigenvalue weighted by molar-refractivity contribution is 8.00. The molecule has 4 atom stereocenters. The summed E-state index contributed by atoms with van der Waals surface area (Å²) in [4.78, 5) is 114. The van der Waals surface area contributed by atoms with Gasteiger partial charge in [-0.15, -0.1) is 16.8 Å². The van der Waals surface area contributed by atoms with Crippen LogP contribution in [0.5, 0.6) is 11.5 Å². The van der Waals surface area contributed by atoms with E-state index in [0.717, 1.165) is 46.4 Å². The van der Waals surface area contributed by atoms with Gasteiger partial charge in [-0.05, 0) is 56.0 Å². The van der Waals surface area contributed by atoms with Crippen LogP contribution in [0, 0.1) is 93.6 Å². The average molecular weight is 1430 g/mol. The number of hydrogen-bond acceptors (Lipinski definition) is 31. The second-order valence-corrected chi connectivity index (χ2v) is 20.9. The number of hydrogen-bond donors (Lipinski definition) is 6.